The van der Waals surface area contributed by atoms with Gasteiger partial charge in [0.15, 0.2) is 0 Å². The summed E-state index contributed by atoms with van der Waals surface area (Å²) in [5.74, 6) is 0.163. The summed E-state index contributed by atoms with van der Waals surface area (Å²) in [4.78, 5) is 17.4. The molecule has 3 heterocycles. The van der Waals surface area contributed by atoms with Crippen LogP contribution in [0.25, 0.3) is 0 Å². The summed E-state index contributed by atoms with van der Waals surface area (Å²) >= 11 is 0. The van der Waals surface area contributed by atoms with Crippen LogP contribution in [0.2, 0.25) is 0 Å². The number of allylic oxidation sites excluding steroid dienone is 1. The van der Waals surface area contributed by atoms with Crippen LogP contribution in [0.3, 0.4) is 0 Å². The predicted molar refractivity (Wildman–Crippen MR) is 118 cm³/mol. The van der Waals surface area contributed by atoms with Gasteiger partial charge in [0.2, 0.25) is 5.91 Å². The lowest BCUT2D eigenvalue weighted by Crippen LogP contribution is -2.44. The fourth-order valence-electron chi connectivity index (χ4n) is 5.44. The number of hydrogen-bond donors (Lipinski definition) is 1. The van der Waals surface area contributed by atoms with Crippen molar-refractivity contribution in [2.24, 2.45) is 0 Å². The number of carbonyl (C=O) groups excluding carboxylic acids is 1. The second-order valence-electron chi connectivity index (χ2n) is 9.11. The first-order valence-corrected chi connectivity index (χ1v) is 11.3. The van der Waals surface area contributed by atoms with E-state index in [1.54, 1.807) is 6.08 Å². The van der Waals surface area contributed by atoms with Crippen molar-refractivity contribution in [2.45, 2.75) is 70.3 Å². The van der Waals surface area contributed by atoms with E-state index >= 15 is 0 Å². The minimum Gasteiger partial charge on any atom is -0.396 e. The molecule has 0 saturated carbocycles. The van der Waals surface area contributed by atoms with Crippen LogP contribution >= 0.6 is 0 Å². The maximum absolute atomic E-state index is 12.8. The van der Waals surface area contributed by atoms with E-state index in [0.29, 0.717) is 0 Å². The summed E-state index contributed by atoms with van der Waals surface area (Å²) in [7, 11) is 0. The van der Waals surface area contributed by atoms with E-state index in [0.717, 1.165) is 58.0 Å². The first-order valence-electron chi connectivity index (χ1n) is 11.3. The van der Waals surface area contributed by atoms with Crippen LogP contribution in [-0.2, 0) is 10.2 Å². The number of unbranched alkanes of at least 4 members (excludes halogenated alkanes) is 4. The van der Waals surface area contributed by atoms with Crippen LogP contribution in [0.5, 0.6) is 0 Å². The molecule has 29 heavy (non-hydrogen) atoms. The third kappa shape index (κ3) is 3.63. The standard InChI is InChI=1S/C25H34N2O2/c1-25(2)20-11-6-7-12-22(20)27-17-10-13-21-19(24(25)27)14-15-23(29)26(21)16-8-4-3-5-9-18-28/h6-7,11-12,14-15,21,28H,3-5,8-10,13,16-18H2,1-2H3. The molecule has 1 amide bonds. The second kappa shape index (κ2) is 8.35. The van der Waals surface area contributed by atoms with Crippen LogP contribution in [-0.4, -0.2) is 41.7 Å². The van der Waals surface area contributed by atoms with E-state index in [-0.39, 0.29) is 24.0 Å². The van der Waals surface area contributed by atoms with E-state index in [2.05, 4.69) is 54.0 Å². The fourth-order valence-corrected chi connectivity index (χ4v) is 5.44. The highest BCUT2D eigenvalue weighted by Gasteiger charge is 2.45. The molecule has 3 aliphatic heterocycles. The summed E-state index contributed by atoms with van der Waals surface area (Å²) in [5, 5.41) is 8.93. The summed E-state index contributed by atoms with van der Waals surface area (Å²) in [5.41, 5.74) is 5.40. The molecule has 0 spiro atoms. The molecule has 156 valence electrons. The largest absolute Gasteiger partial charge is 0.396 e. The Kier molecular flexibility index (Phi) is 5.82. The molecule has 0 fully saturated rings. The molecule has 0 radical (unpaired) electrons. The van der Waals surface area contributed by atoms with Gasteiger partial charge in [-0.25, -0.2) is 0 Å². The summed E-state index contributed by atoms with van der Waals surface area (Å²) in [6.45, 7) is 6.78. The number of nitrogens with zero attached hydrogens (tertiary/aromatic N) is 2. The maximum atomic E-state index is 12.8. The van der Waals surface area contributed by atoms with Crippen molar-refractivity contribution >= 4 is 11.6 Å². The molecule has 1 atom stereocenters. The molecule has 4 nitrogen and oxygen atoms in total. The van der Waals surface area contributed by atoms with Gasteiger partial charge in [-0.05, 0) is 49.0 Å². The number of amides is 1. The lowest BCUT2D eigenvalue weighted by Gasteiger charge is -2.37. The second-order valence-corrected chi connectivity index (χ2v) is 9.11. The third-order valence-corrected chi connectivity index (χ3v) is 6.84. The summed E-state index contributed by atoms with van der Waals surface area (Å²) in [6, 6.07) is 8.97. The number of para-hydroxylation sites is 1. The molecule has 0 saturated heterocycles. The zero-order valence-corrected chi connectivity index (χ0v) is 17.9. The minimum atomic E-state index is -0.0464. The van der Waals surface area contributed by atoms with Crippen LogP contribution in [0.15, 0.2) is 47.7 Å². The van der Waals surface area contributed by atoms with Crippen LogP contribution in [0, 0.1) is 0 Å². The van der Waals surface area contributed by atoms with E-state index in [9.17, 15) is 4.79 Å². The molecule has 0 aromatic heterocycles. The molecule has 3 aliphatic rings. The lowest BCUT2D eigenvalue weighted by atomic mass is 9.80. The Morgan fingerprint density at radius 3 is 2.66 bits per heavy atom. The Balaban J connectivity index is 1.60. The van der Waals surface area contributed by atoms with Gasteiger partial charge in [-0.1, -0.05) is 51.3 Å². The Morgan fingerprint density at radius 2 is 1.83 bits per heavy atom. The van der Waals surface area contributed by atoms with Crippen molar-refractivity contribution in [3.63, 3.8) is 0 Å². The maximum Gasteiger partial charge on any atom is 0.247 e. The molecule has 0 aliphatic carbocycles. The van der Waals surface area contributed by atoms with Gasteiger partial charge >= 0.3 is 0 Å². The van der Waals surface area contributed by atoms with Gasteiger partial charge in [-0.2, -0.15) is 0 Å². The molecular weight excluding hydrogens is 360 g/mol. The highest BCUT2D eigenvalue weighted by Crippen LogP contribution is 2.51. The first kappa shape index (κ1) is 20.2. The SMILES string of the molecule is CC1(C)C2=C3C=CC(=O)N(CCCCCCCO)C3CCCN2c2ccccc21. The van der Waals surface area contributed by atoms with Crippen molar-refractivity contribution in [2.75, 3.05) is 24.6 Å². The molecule has 1 N–H and O–H groups in total. The van der Waals surface area contributed by atoms with Gasteiger partial charge in [0.05, 0.1) is 6.04 Å². The number of hydrogen-bond acceptors (Lipinski definition) is 3. The average molecular weight is 395 g/mol. The van der Waals surface area contributed by atoms with Gasteiger partial charge in [0.25, 0.3) is 0 Å². The topological polar surface area (TPSA) is 43.8 Å². The molecule has 1 unspecified atom stereocenters. The number of rotatable bonds is 7. The lowest BCUT2D eigenvalue weighted by molar-refractivity contribution is -0.128. The van der Waals surface area contributed by atoms with Crippen molar-refractivity contribution in [3.05, 3.63) is 53.3 Å². The average Bonchev–Trinajstić information content (AvgIpc) is 2.84. The van der Waals surface area contributed by atoms with E-state index in [1.807, 2.05) is 0 Å². The van der Waals surface area contributed by atoms with E-state index < -0.39 is 0 Å². The normalized spacial score (nSPS) is 22.4. The zero-order valence-electron chi connectivity index (χ0n) is 17.9. The number of fused-ring (bicyclic) bond motifs is 4. The van der Waals surface area contributed by atoms with Gasteiger partial charge in [-0.3, -0.25) is 4.79 Å². The monoisotopic (exact) mass is 394 g/mol. The highest BCUT2D eigenvalue weighted by molar-refractivity contribution is 5.91. The first-order chi connectivity index (χ1) is 14.1. The van der Waals surface area contributed by atoms with Gasteiger partial charge in [0.1, 0.15) is 0 Å². The van der Waals surface area contributed by atoms with Gasteiger partial charge in [0, 0.05) is 42.6 Å². The Morgan fingerprint density at radius 1 is 1.07 bits per heavy atom. The number of aliphatic hydroxyl groups is 1. The Hall–Kier alpha value is -2.07. The van der Waals surface area contributed by atoms with E-state index in [1.165, 1.54) is 22.5 Å². The fraction of sp³-hybridized carbons (Fsp3) is 0.560. The van der Waals surface area contributed by atoms with Crippen LogP contribution in [0.1, 0.15) is 64.4 Å². The molecule has 1 aromatic carbocycles. The van der Waals surface area contributed by atoms with Crippen molar-refractivity contribution in [1.82, 2.24) is 4.90 Å². The molecule has 0 bridgehead atoms. The summed E-state index contributed by atoms with van der Waals surface area (Å²) in [6.07, 6.45) is 11.3. The highest BCUT2D eigenvalue weighted by atomic mass is 16.2. The van der Waals surface area contributed by atoms with E-state index in [4.69, 9.17) is 5.11 Å². The number of carbonyl (C=O) groups is 1. The van der Waals surface area contributed by atoms with Crippen molar-refractivity contribution in [1.29, 1.82) is 0 Å². The minimum absolute atomic E-state index is 0.0464. The zero-order chi connectivity index (χ0) is 20.4. The van der Waals surface area contributed by atoms with Gasteiger partial charge < -0.3 is 14.9 Å². The van der Waals surface area contributed by atoms with Crippen LogP contribution in [0.4, 0.5) is 5.69 Å². The molecule has 1 aromatic rings. The van der Waals surface area contributed by atoms with Crippen molar-refractivity contribution < 1.29 is 9.90 Å². The third-order valence-electron chi connectivity index (χ3n) is 6.84. The van der Waals surface area contributed by atoms with Crippen LogP contribution < -0.4 is 4.90 Å². The quantitative estimate of drug-likeness (QED) is 0.691. The number of benzene rings is 1. The number of anilines is 1. The predicted octanol–water partition coefficient (Wildman–Crippen LogP) is 4.54. The van der Waals surface area contributed by atoms with Crippen molar-refractivity contribution in [3.8, 4) is 0 Å². The molecule has 4 heteroatoms. The molecule has 4 rings (SSSR count). The molecular formula is C25H34N2O2. The summed E-state index contributed by atoms with van der Waals surface area (Å²) < 4.78 is 0. The Labute approximate surface area is 174 Å². The Bertz CT molecular complexity index is 824. The van der Waals surface area contributed by atoms with Gasteiger partial charge in [-0.15, -0.1) is 0 Å². The smallest absolute Gasteiger partial charge is 0.247 e. The number of aliphatic hydroxyl groups excluding tert-OH is 1.